The van der Waals surface area contributed by atoms with Crippen LogP contribution in [0.2, 0.25) is 0 Å². The predicted molar refractivity (Wildman–Crippen MR) is 78.0 cm³/mol. The number of nitrogens with zero attached hydrogens (tertiary/aromatic N) is 5. The Balaban J connectivity index is 1.85. The van der Waals surface area contributed by atoms with Gasteiger partial charge in [-0.1, -0.05) is 0 Å². The molecule has 0 aromatic carbocycles. The minimum absolute atomic E-state index is 0.312. The Bertz CT molecular complexity index is 531. The molecule has 0 unspecified atom stereocenters. The third kappa shape index (κ3) is 4.73. The molecule has 0 aliphatic carbocycles. The molecule has 0 spiro atoms. The SMILES string of the molecule is Cn1cnc(CNC2=NCCN(C(=O)OC(C)(C)C)C2)n1. The van der Waals surface area contributed by atoms with Crippen LogP contribution in [0.25, 0.3) is 0 Å². The maximum absolute atomic E-state index is 12.0. The molecule has 1 aromatic rings. The van der Waals surface area contributed by atoms with Crippen LogP contribution in [-0.2, 0) is 18.3 Å². The number of ether oxygens (including phenoxy) is 1. The summed E-state index contributed by atoms with van der Waals surface area (Å²) >= 11 is 0. The van der Waals surface area contributed by atoms with E-state index in [1.54, 1.807) is 15.9 Å². The lowest BCUT2D eigenvalue weighted by Gasteiger charge is -2.29. The molecule has 0 bridgehead atoms. The largest absolute Gasteiger partial charge is 0.444 e. The zero-order valence-electron chi connectivity index (χ0n) is 13.0. The predicted octanol–water partition coefficient (Wildman–Crippen LogP) is 0.554. The normalized spacial score (nSPS) is 15.6. The highest BCUT2D eigenvalue weighted by Crippen LogP contribution is 2.11. The summed E-state index contributed by atoms with van der Waals surface area (Å²) in [6.45, 7) is 7.61. The van der Waals surface area contributed by atoms with Crippen LogP contribution in [0.1, 0.15) is 26.6 Å². The van der Waals surface area contributed by atoms with Gasteiger partial charge in [0, 0.05) is 13.6 Å². The number of aryl methyl sites for hydroxylation is 1. The summed E-state index contributed by atoms with van der Waals surface area (Å²) in [5.41, 5.74) is -0.489. The average Bonchev–Trinajstić information content (AvgIpc) is 2.81. The van der Waals surface area contributed by atoms with Crippen LogP contribution in [0, 0.1) is 0 Å². The van der Waals surface area contributed by atoms with Gasteiger partial charge in [0.25, 0.3) is 0 Å². The minimum Gasteiger partial charge on any atom is -0.444 e. The van der Waals surface area contributed by atoms with E-state index in [1.807, 2.05) is 27.8 Å². The summed E-state index contributed by atoms with van der Waals surface area (Å²) in [5, 5.41) is 7.34. The van der Waals surface area contributed by atoms with Crippen LogP contribution < -0.4 is 5.32 Å². The van der Waals surface area contributed by atoms with Crippen LogP contribution in [0.4, 0.5) is 4.79 Å². The van der Waals surface area contributed by atoms with E-state index >= 15 is 0 Å². The van der Waals surface area contributed by atoms with Crippen molar-refractivity contribution in [3.63, 3.8) is 0 Å². The van der Waals surface area contributed by atoms with Crippen molar-refractivity contribution in [3.8, 4) is 0 Å². The van der Waals surface area contributed by atoms with Gasteiger partial charge in [-0.25, -0.2) is 9.78 Å². The topological polar surface area (TPSA) is 84.6 Å². The third-order valence-electron chi connectivity index (χ3n) is 2.76. The third-order valence-corrected chi connectivity index (χ3v) is 2.76. The Kier molecular flexibility index (Phi) is 4.44. The fourth-order valence-electron chi connectivity index (χ4n) is 1.86. The van der Waals surface area contributed by atoms with Gasteiger partial charge in [-0.05, 0) is 20.8 Å². The van der Waals surface area contributed by atoms with Crippen molar-refractivity contribution in [1.29, 1.82) is 0 Å². The van der Waals surface area contributed by atoms with Crippen LogP contribution in [0.5, 0.6) is 0 Å². The number of amides is 1. The first kappa shape index (κ1) is 15.3. The van der Waals surface area contributed by atoms with E-state index in [4.69, 9.17) is 4.74 Å². The van der Waals surface area contributed by atoms with E-state index in [9.17, 15) is 4.79 Å². The molecule has 0 atom stereocenters. The second kappa shape index (κ2) is 6.11. The first-order chi connectivity index (χ1) is 9.83. The summed E-state index contributed by atoms with van der Waals surface area (Å²) in [4.78, 5) is 22.2. The summed E-state index contributed by atoms with van der Waals surface area (Å²) in [5.74, 6) is 1.44. The van der Waals surface area contributed by atoms with Gasteiger partial charge in [-0.2, -0.15) is 5.10 Å². The van der Waals surface area contributed by atoms with Crippen LogP contribution in [0.15, 0.2) is 11.3 Å². The van der Waals surface area contributed by atoms with Crippen molar-refractivity contribution in [2.24, 2.45) is 12.0 Å². The molecule has 2 heterocycles. The van der Waals surface area contributed by atoms with Crippen molar-refractivity contribution >= 4 is 11.9 Å². The fraction of sp³-hybridized carbons (Fsp3) is 0.692. The molecule has 0 saturated heterocycles. The Labute approximate surface area is 124 Å². The molecular formula is C13H22N6O2. The van der Waals surface area contributed by atoms with E-state index in [-0.39, 0.29) is 6.09 Å². The van der Waals surface area contributed by atoms with Gasteiger partial charge in [-0.15, -0.1) is 0 Å². The van der Waals surface area contributed by atoms with Crippen molar-refractivity contribution in [2.45, 2.75) is 32.9 Å². The van der Waals surface area contributed by atoms with E-state index < -0.39 is 5.60 Å². The van der Waals surface area contributed by atoms with Crippen molar-refractivity contribution in [3.05, 3.63) is 12.2 Å². The zero-order chi connectivity index (χ0) is 15.5. The van der Waals surface area contributed by atoms with Gasteiger partial charge < -0.3 is 10.1 Å². The van der Waals surface area contributed by atoms with Gasteiger partial charge in [0.05, 0.1) is 19.6 Å². The Morgan fingerprint density at radius 3 is 2.86 bits per heavy atom. The van der Waals surface area contributed by atoms with Crippen molar-refractivity contribution in [2.75, 3.05) is 19.6 Å². The molecule has 1 aliphatic rings. The molecule has 8 heteroatoms. The lowest BCUT2D eigenvalue weighted by molar-refractivity contribution is 0.0276. The number of amidine groups is 1. The highest BCUT2D eigenvalue weighted by molar-refractivity contribution is 5.87. The number of carbonyl (C=O) groups excluding carboxylic acids is 1. The van der Waals surface area contributed by atoms with Crippen LogP contribution in [-0.4, -0.2) is 56.8 Å². The van der Waals surface area contributed by atoms with Gasteiger partial charge in [0.15, 0.2) is 5.82 Å². The highest BCUT2D eigenvalue weighted by atomic mass is 16.6. The standard InChI is InChI=1S/C13H22N6O2/c1-13(2,3)21-12(20)19-6-5-14-11(8-19)15-7-10-16-9-18(4)17-10/h9H,5-8H2,1-4H3,(H,14,15). The lowest BCUT2D eigenvalue weighted by atomic mass is 10.2. The quantitative estimate of drug-likeness (QED) is 0.861. The highest BCUT2D eigenvalue weighted by Gasteiger charge is 2.24. The maximum atomic E-state index is 12.0. The van der Waals surface area contributed by atoms with Gasteiger partial charge >= 0.3 is 6.09 Å². The molecule has 0 saturated carbocycles. The number of aromatic nitrogens is 3. The van der Waals surface area contributed by atoms with Crippen LogP contribution in [0.3, 0.4) is 0 Å². The minimum atomic E-state index is -0.489. The molecule has 21 heavy (non-hydrogen) atoms. The second-order valence-electron chi connectivity index (χ2n) is 5.92. The molecule has 8 nitrogen and oxygen atoms in total. The molecule has 0 fully saturated rings. The fourth-order valence-corrected chi connectivity index (χ4v) is 1.86. The second-order valence-corrected chi connectivity index (χ2v) is 5.92. The number of hydrogen-bond donors (Lipinski definition) is 1. The molecule has 0 radical (unpaired) electrons. The summed E-state index contributed by atoms with van der Waals surface area (Å²) in [6, 6.07) is 0. The molecule has 1 aliphatic heterocycles. The molecule has 1 N–H and O–H groups in total. The molecule has 1 amide bonds. The van der Waals surface area contributed by atoms with Crippen LogP contribution >= 0.6 is 0 Å². The first-order valence-corrected chi connectivity index (χ1v) is 6.93. The van der Waals surface area contributed by atoms with Crippen molar-refractivity contribution in [1.82, 2.24) is 25.0 Å². The number of rotatable bonds is 2. The number of hydrogen-bond acceptors (Lipinski definition) is 6. The smallest absolute Gasteiger partial charge is 0.410 e. The molecule has 116 valence electrons. The Morgan fingerprint density at radius 1 is 1.48 bits per heavy atom. The summed E-state index contributed by atoms with van der Waals surface area (Å²) in [7, 11) is 1.82. The monoisotopic (exact) mass is 294 g/mol. The molecular weight excluding hydrogens is 272 g/mol. The first-order valence-electron chi connectivity index (χ1n) is 6.93. The van der Waals surface area contributed by atoms with Gasteiger partial charge in [0.1, 0.15) is 17.8 Å². The maximum Gasteiger partial charge on any atom is 0.410 e. The Morgan fingerprint density at radius 2 is 2.24 bits per heavy atom. The molecule has 1 aromatic heterocycles. The number of carbonyl (C=O) groups is 1. The van der Waals surface area contributed by atoms with E-state index in [2.05, 4.69) is 20.4 Å². The summed E-state index contributed by atoms with van der Waals surface area (Å²) in [6.07, 6.45) is 1.33. The zero-order valence-corrected chi connectivity index (χ0v) is 13.0. The lowest BCUT2D eigenvalue weighted by Crippen LogP contribution is -2.47. The average molecular weight is 294 g/mol. The van der Waals surface area contributed by atoms with Gasteiger partial charge in [0.2, 0.25) is 0 Å². The van der Waals surface area contributed by atoms with E-state index in [0.29, 0.717) is 32.0 Å². The summed E-state index contributed by atoms with van der Waals surface area (Å²) < 4.78 is 7.01. The Hall–Kier alpha value is -2.12. The number of nitrogens with one attached hydrogen (secondary N) is 1. The van der Waals surface area contributed by atoms with E-state index in [1.165, 1.54) is 0 Å². The van der Waals surface area contributed by atoms with E-state index in [0.717, 1.165) is 5.84 Å². The number of aliphatic imine (C=N–C) groups is 1. The van der Waals surface area contributed by atoms with Crippen molar-refractivity contribution < 1.29 is 9.53 Å². The van der Waals surface area contributed by atoms with Gasteiger partial charge in [-0.3, -0.25) is 14.6 Å². The molecule has 2 rings (SSSR count).